The van der Waals surface area contributed by atoms with Gasteiger partial charge in [-0.2, -0.15) is 0 Å². The summed E-state index contributed by atoms with van der Waals surface area (Å²) in [6.07, 6.45) is 12.5. The lowest BCUT2D eigenvalue weighted by atomic mass is 10.1. The molecule has 3 nitrogen and oxygen atoms in total. The Kier molecular flexibility index (Phi) is 11.0. The predicted molar refractivity (Wildman–Crippen MR) is 75.7 cm³/mol. The van der Waals surface area contributed by atoms with E-state index in [4.69, 9.17) is 4.55 Å². The number of unbranched alkanes of at least 4 members (excludes halogenated alkanes) is 9. The molecule has 1 unspecified atom stereocenters. The lowest BCUT2D eigenvalue weighted by Crippen LogP contribution is -2.04. The molecule has 0 bridgehead atoms. The van der Waals surface area contributed by atoms with E-state index in [9.17, 15) is 4.21 Å². The third-order valence-electron chi connectivity index (χ3n) is 2.77. The molecule has 17 heavy (non-hydrogen) atoms. The lowest BCUT2D eigenvalue weighted by molar-refractivity contribution is 0.293. The van der Waals surface area contributed by atoms with E-state index in [0.29, 0.717) is 6.61 Å². The molecule has 0 amide bonds. The van der Waals surface area contributed by atoms with Crippen LogP contribution in [0.5, 0.6) is 0 Å². The van der Waals surface area contributed by atoms with E-state index in [-0.39, 0.29) is 0 Å². The Morgan fingerprint density at radius 3 is 1.76 bits per heavy atom. The summed E-state index contributed by atoms with van der Waals surface area (Å²) in [6, 6.07) is 0. The molecule has 0 spiro atoms. The van der Waals surface area contributed by atoms with Gasteiger partial charge in [-0.25, -0.2) is 4.21 Å². The quantitative estimate of drug-likeness (QED) is 0.427. The summed E-state index contributed by atoms with van der Waals surface area (Å²) in [5, 5.41) is 0. The van der Waals surface area contributed by atoms with Gasteiger partial charge in [-0.05, 0) is 6.42 Å². The number of rotatable bonds is 12. The van der Waals surface area contributed by atoms with Crippen LogP contribution in [0.1, 0.15) is 71.1 Å². The Labute approximate surface area is 107 Å². The summed E-state index contributed by atoms with van der Waals surface area (Å²) < 4.78 is 24.1. The zero-order valence-electron chi connectivity index (χ0n) is 11.2. The zero-order valence-corrected chi connectivity index (χ0v) is 12.0. The Morgan fingerprint density at radius 2 is 1.35 bits per heavy atom. The summed E-state index contributed by atoms with van der Waals surface area (Å²) >= 11 is 0. The molecule has 0 aliphatic rings. The van der Waals surface area contributed by atoms with E-state index >= 15 is 0 Å². The molecule has 0 rings (SSSR count). The molecule has 104 valence electrons. The van der Waals surface area contributed by atoms with Crippen molar-refractivity contribution >= 4 is 16.0 Å². The molecule has 1 N–H and O–H groups in total. The molecule has 0 aliphatic heterocycles. The molecule has 0 heterocycles. The van der Waals surface area contributed by atoms with E-state index in [0.717, 1.165) is 12.8 Å². The van der Waals surface area contributed by atoms with Gasteiger partial charge in [0, 0.05) is 5.87 Å². The van der Waals surface area contributed by atoms with Crippen molar-refractivity contribution in [2.24, 2.45) is 0 Å². The van der Waals surface area contributed by atoms with Crippen molar-refractivity contribution in [3.05, 3.63) is 0 Å². The van der Waals surface area contributed by atoms with Gasteiger partial charge in [0.05, 0.1) is 6.61 Å². The van der Waals surface area contributed by atoms with Crippen molar-refractivity contribution in [2.45, 2.75) is 71.1 Å². The van der Waals surface area contributed by atoms with E-state index in [1.165, 1.54) is 51.4 Å². The van der Waals surface area contributed by atoms with Crippen molar-refractivity contribution in [1.82, 2.24) is 0 Å². The summed E-state index contributed by atoms with van der Waals surface area (Å²) in [6.45, 7) is 2.58. The highest BCUT2D eigenvalue weighted by atomic mass is 32.2. The Balaban J connectivity index is 3.04. The molecule has 0 aromatic carbocycles. The highest BCUT2D eigenvalue weighted by molar-refractivity contribution is 7.90. The van der Waals surface area contributed by atoms with E-state index in [1.807, 2.05) is 0 Å². The summed E-state index contributed by atoms with van der Waals surface area (Å²) in [5.41, 5.74) is 0. The van der Waals surface area contributed by atoms with Crippen LogP contribution in [-0.4, -0.2) is 21.2 Å². The summed E-state index contributed by atoms with van der Waals surface area (Å²) in [5.74, 6) is 3.01. The largest absolute Gasteiger partial charge is 0.294 e. The molecular weight excluding hydrogens is 236 g/mol. The maximum atomic E-state index is 10.7. The molecular formula is C13H28O3S. The van der Waals surface area contributed by atoms with Gasteiger partial charge in [0.15, 0.2) is 10.1 Å². The van der Waals surface area contributed by atoms with Crippen LogP contribution < -0.4 is 0 Å². The molecule has 4 heteroatoms. The van der Waals surface area contributed by atoms with Crippen LogP contribution in [0.4, 0.5) is 0 Å². The van der Waals surface area contributed by atoms with E-state index in [2.05, 4.69) is 17.0 Å². The first-order valence-electron chi connectivity index (χ1n) is 6.80. The van der Waals surface area contributed by atoms with E-state index in [1.54, 1.807) is 0 Å². The van der Waals surface area contributed by atoms with Crippen molar-refractivity contribution in [1.29, 1.82) is 0 Å². The molecule has 0 aromatic rings. The van der Waals surface area contributed by atoms with Crippen LogP contribution >= 0.6 is 0 Å². The maximum Gasteiger partial charge on any atom is 0.195 e. The fraction of sp³-hybridized carbons (Fsp3) is 0.923. The van der Waals surface area contributed by atoms with Gasteiger partial charge in [0.2, 0.25) is 0 Å². The minimum atomic E-state index is -3.23. The summed E-state index contributed by atoms with van der Waals surface area (Å²) in [7, 11) is -3.23. The van der Waals surface area contributed by atoms with Gasteiger partial charge in [0.1, 0.15) is 0 Å². The Bertz CT molecular complexity index is 247. The second kappa shape index (κ2) is 11.1. The smallest absolute Gasteiger partial charge is 0.195 e. The predicted octanol–water partition coefficient (Wildman–Crippen LogP) is 4.03. The summed E-state index contributed by atoms with van der Waals surface area (Å²) in [4.78, 5) is 0. The van der Waals surface area contributed by atoms with Crippen molar-refractivity contribution < 1.29 is 12.9 Å². The van der Waals surface area contributed by atoms with Gasteiger partial charge in [0.25, 0.3) is 0 Å². The van der Waals surface area contributed by atoms with Crippen LogP contribution in [0.3, 0.4) is 0 Å². The van der Waals surface area contributed by atoms with Crippen molar-refractivity contribution in [3.63, 3.8) is 0 Å². The molecule has 0 saturated carbocycles. The van der Waals surface area contributed by atoms with E-state index < -0.39 is 10.1 Å². The van der Waals surface area contributed by atoms with Crippen LogP contribution in [-0.2, 0) is 14.3 Å². The van der Waals surface area contributed by atoms with Crippen LogP contribution in [0.2, 0.25) is 0 Å². The Hall–Kier alpha value is -0.0600. The normalized spacial score (nSPS) is 14.7. The highest BCUT2D eigenvalue weighted by Gasteiger charge is 1.96. The molecule has 0 saturated heterocycles. The van der Waals surface area contributed by atoms with Gasteiger partial charge in [-0.3, -0.25) is 8.74 Å². The Morgan fingerprint density at radius 1 is 0.941 bits per heavy atom. The molecule has 0 fully saturated rings. The average Bonchev–Trinajstić information content (AvgIpc) is 2.24. The minimum absolute atomic E-state index is 0.343. The molecule has 1 atom stereocenters. The highest BCUT2D eigenvalue weighted by Crippen LogP contribution is 2.10. The molecule has 0 aliphatic carbocycles. The van der Waals surface area contributed by atoms with Crippen molar-refractivity contribution in [3.8, 4) is 0 Å². The SMILES string of the molecule is C=S(=O)(O)OCCCCCCCCCCCC. The number of hydrogen-bond donors (Lipinski definition) is 1. The maximum absolute atomic E-state index is 10.7. The monoisotopic (exact) mass is 264 g/mol. The zero-order chi connectivity index (χ0) is 13.0. The fourth-order valence-corrected chi connectivity index (χ4v) is 2.16. The van der Waals surface area contributed by atoms with Crippen LogP contribution in [0, 0.1) is 0 Å². The van der Waals surface area contributed by atoms with Gasteiger partial charge in [-0.15, -0.1) is 0 Å². The fourth-order valence-electron chi connectivity index (χ4n) is 1.78. The van der Waals surface area contributed by atoms with Gasteiger partial charge < -0.3 is 0 Å². The first-order chi connectivity index (χ1) is 8.06. The second-order valence-electron chi connectivity index (χ2n) is 4.59. The van der Waals surface area contributed by atoms with Gasteiger partial charge >= 0.3 is 0 Å². The minimum Gasteiger partial charge on any atom is -0.294 e. The van der Waals surface area contributed by atoms with Gasteiger partial charge in [-0.1, -0.05) is 64.7 Å². The number of hydrogen-bond acceptors (Lipinski definition) is 2. The first-order valence-corrected chi connectivity index (χ1v) is 8.41. The molecule has 0 radical (unpaired) electrons. The third kappa shape index (κ3) is 15.9. The third-order valence-corrected chi connectivity index (χ3v) is 3.30. The average molecular weight is 264 g/mol. The topological polar surface area (TPSA) is 46.5 Å². The standard InChI is InChI=1S/C13H28O3S/c1-3-4-5-6-7-8-9-10-11-12-13-16-17(2,14)15/h2-13H2,1H3,(H,14,15). The lowest BCUT2D eigenvalue weighted by Gasteiger charge is -2.04. The molecule has 0 aromatic heterocycles. The first kappa shape index (κ1) is 16.9. The van der Waals surface area contributed by atoms with Crippen molar-refractivity contribution in [2.75, 3.05) is 6.61 Å². The van der Waals surface area contributed by atoms with Crippen LogP contribution in [0.25, 0.3) is 0 Å². The van der Waals surface area contributed by atoms with Crippen LogP contribution in [0.15, 0.2) is 0 Å². The second-order valence-corrected chi connectivity index (χ2v) is 5.99.